The van der Waals surface area contributed by atoms with E-state index in [4.69, 9.17) is 0 Å². The molecular formula is C8H13N3O. The van der Waals surface area contributed by atoms with Crippen molar-refractivity contribution in [2.75, 3.05) is 13.1 Å². The Kier molecular flexibility index (Phi) is 1.49. The first-order valence-electron chi connectivity index (χ1n) is 4.06. The predicted molar refractivity (Wildman–Crippen MR) is 44.7 cm³/mol. The summed E-state index contributed by atoms with van der Waals surface area (Å²) in [4.78, 5) is 0. The zero-order valence-electron chi connectivity index (χ0n) is 7.33. The summed E-state index contributed by atoms with van der Waals surface area (Å²) in [6, 6.07) is 0. The summed E-state index contributed by atoms with van der Waals surface area (Å²) in [6.45, 7) is 3.20. The maximum Gasteiger partial charge on any atom is 0.118 e. The Morgan fingerprint density at radius 2 is 2.33 bits per heavy atom. The summed E-state index contributed by atoms with van der Waals surface area (Å²) in [5.74, 6) is 0. The lowest BCUT2D eigenvalue weighted by molar-refractivity contribution is -0.0152. The van der Waals surface area contributed by atoms with Gasteiger partial charge < -0.3 is 10.4 Å². The van der Waals surface area contributed by atoms with Crippen LogP contribution in [-0.4, -0.2) is 28.0 Å². The molecule has 0 unspecified atom stereocenters. The molecule has 0 saturated carbocycles. The maximum absolute atomic E-state index is 9.96. The number of rotatable bonds is 1. The van der Waals surface area contributed by atoms with Crippen molar-refractivity contribution in [2.45, 2.75) is 12.5 Å². The minimum absolute atomic E-state index is 0.638. The average molecular weight is 167 g/mol. The van der Waals surface area contributed by atoms with E-state index in [2.05, 4.69) is 10.4 Å². The fourth-order valence-corrected chi connectivity index (χ4v) is 1.61. The van der Waals surface area contributed by atoms with Crippen LogP contribution in [-0.2, 0) is 12.6 Å². The number of aliphatic hydroxyl groups is 1. The fraction of sp³-hybridized carbons (Fsp3) is 0.625. The van der Waals surface area contributed by atoms with Gasteiger partial charge in [-0.2, -0.15) is 5.10 Å². The van der Waals surface area contributed by atoms with Crippen molar-refractivity contribution in [1.82, 2.24) is 15.1 Å². The molecule has 0 bridgehead atoms. The molecule has 66 valence electrons. The minimum Gasteiger partial charge on any atom is -0.382 e. The van der Waals surface area contributed by atoms with E-state index in [0.717, 1.165) is 11.3 Å². The van der Waals surface area contributed by atoms with Gasteiger partial charge in [0, 0.05) is 31.9 Å². The molecule has 0 radical (unpaired) electrons. The first-order chi connectivity index (χ1) is 5.62. The molecule has 12 heavy (non-hydrogen) atoms. The zero-order chi connectivity index (χ0) is 8.77. The second kappa shape index (κ2) is 2.31. The van der Waals surface area contributed by atoms with Gasteiger partial charge in [0.05, 0.1) is 5.69 Å². The monoisotopic (exact) mass is 167 g/mol. The van der Waals surface area contributed by atoms with E-state index < -0.39 is 5.60 Å². The van der Waals surface area contributed by atoms with Crippen LogP contribution in [0.3, 0.4) is 0 Å². The van der Waals surface area contributed by atoms with Crippen LogP contribution in [0.15, 0.2) is 6.20 Å². The largest absolute Gasteiger partial charge is 0.382 e. The van der Waals surface area contributed by atoms with Gasteiger partial charge >= 0.3 is 0 Å². The molecule has 1 fully saturated rings. The number of aromatic nitrogens is 2. The SMILES string of the molecule is Cc1nn(C)cc1C1(O)CNC1. The lowest BCUT2D eigenvalue weighted by atomic mass is 9.89. The van der Waals surface area contributed by atoms with Crippen LogP contribution in [0.4, 0.5) is 0 Å². The Labute approximate surface area is 71.2 Å². The van der Waals surface area contributed by atoms with Gasteiger partial charge in [0.1, 0.15) is 5.60 Å². The van der Waals surface area contributed by atoms with E-state index in [1.807, 2.05) is 20.2 Å². The number of nitrogens with one attached hydrogen (secondary N) is 1. The van der Waals surface area contributed by atoms with E-state index >= 15 is 0 Å². The van der Waals surface area contributed by atoms with Gasteiger partial charge in [-0.25, -0.2) is 0 Å². The van der Waals surface area contributed by atoms with Crippen molar-refractivity contribution in [2.24, 2.45) is 7.05 Å². The summed E-state index contributed by atoms with van der Waals surface area (Å²) in [5, 5.41) is 17.2. The molecule has 1 saturated heterocycles. The Hall–Kier alpha value is -0.870. The molecule has 4 nitrogen and oxygen atoms in total. The smallest absolute Gasteiger partial charge is 0.118 e. The van der Waals surface area contributed by atoms with Crippen LogP contribution in [0, 0.1) is 6.92 Å². The number of hydrogen-bond donors (Lipinski definition) is 2. The van der Waals surface area contributed by atoms with Crippen LogP contribution >= 0.6 is 0 Å². The molecule has 1 aromatic heterocycles. The minimum atomic E-state index is -0.668. The van der Waals surface area contributed by atoms with Crippen LogP contribution in [0.25, 0.3) is 0 Å². The van der Waals surface area contributed by atoms with E-state index in [0.29, 0.717) is 13.1 Å². The van der Waals surface area contributed by atoms with Gasteiger partial charge in [-0.05, 0) is 6.92 Å². The van der Waals surface area contributed by atoms with Crippen LogP contribution in [0.1, 0.15) is 11.3 Å². The van der Waals surface area contributed by atoms with Crippen LogP contribution in [0.2, 0.25) is 0 Å². The third-order valence-corrected chi connectivity index (χ3v) is 2.35. The van der Waals surface area contributed by atoms with Crippen molar-refractivity contribution >= 4 is 0 Å². The third-order valence-electron chi connectivity index (χ3n) is 2.35. The highest BCUT2D eigenvalue weighted by molar-refractivity contribution is 5.27. The molecule has 2 N–H and O–H groups in total. The summed E-state index contributed by atoms with van der Waals surface area (Å²) < 4.78 is 1.74. The standard InChI is InChI=1S/C8H13N3O/c1-6-7(3-11(2)10-6)8(12)4-9-5-8/h3,9,12H,4-5H2,1-2H3. The van der Waals surface area contributed by atoms with E-state index in [1.165, 1.54) is 0 Å². The van der Waals surface area contributed by atoms with Gasteiger partial charge in [0.15, 0.2) is 0 Å². The third kappa shape index (κ3) is 0.956. The maximum atomic E-state index is 9.96. The first kappa shape index (κ1) is 7.76. The van der Waals surface area contributed by atoms with Crippen molar-refractivity contribution < 1.29 is 5.11 Å². The molecule has 0 aromatic carbocycles. The molecule has 0 amide bonds. The van der Waals surface area contributed by atoms with Crippen molar-refractivity contribution in [3.63, 3.8) is 0 Å². The summed E-state index contributed by atoms with van der Waals surface area (Å²) in [5.41, 5.74) is 1.20. The van der Waals surface area contributed by atoms with E-state index in [1.54, 1.807) is 4.68 Å². The quantitative estimate of drug-likeness (QED) is 0.594. The fourth-order valence-electron chi connectivity index (χ4n) is 1.61. The molecule has 4 heteroatoms. The Balaban J connectivity index is 2.38. The molecule has 2 heterocycles. The normalized spacial score (nSPS) is 20.6. The summed E-state index contributed by atoms with van der Waals surface area (Å²) in [6.07, 6.45) is 1.89. The van der Waals surface area contributed by atoms with Gasteiger partial charge in [-0.3, -0.25) is 4.68 Å². The highest BCUT2D eigenvalue weighted by Gasteiger charge is 2.38. The number of hydrogen-bond acceptors (Lipinski definition) is 3. The van der Waals surface area contributed by atoms with Crippen molar-refractivity contribution in [3.8, 4) is 0 Å². The molecule has 0 atom stereocenters. The molecule has 1 aliphatic rings. The van der Waals surface area contributed by atoms with E-state index in [9.17, 15) is 5.11 Å². The average Bonchev–Trinajstić information content (AvgIpc) is 2.25. The topological polar surface area (TPSA) is 50.1 Å². The lowest BCUT2D eigenvalue weighted by Crippen LogP contribution is -2.56. The Bertz CT molecular complexity index is 301. The van der Waals surface area contributed by atoms with Gasteiger partial charge in [0.25, 0.3) is 0 Å². The molecule has 2 rings (SSSR count). The molecule has 1 aliphatic heterocycles. The van der Waals surface area contributed by atoms with Crippen molar-refractivity contribution in [1.29, 1.82) is 0 Å². The molecule has 0 aliphatic carbocycles. The lowest BCUT2D eigenvalue weighted by Gasteiger charge is -2.37. The Morgan fingerprint density at radius 1 is 1.67 bits per heavy atom. The Morgan fingerprint density at radius 3 is 2.67 bits per heavy atom. The van der Waals surface area contributed by atoms with Gasteiger partial charge in [0.2, 0.25) is 0 Å². The van der Waals surface area contributed by atoms with Crippen LogP contribution < -0.4 is 5.32 Å². The number of nitrogens with zero attached hydrogens (tertiary/aromatic N) is 2. The highest BCUT2D eigenvalue weighted by atomic mass is 16.3. The number of aryl methyl sites for hydroxylation is 2. The van der Waals surface area contributed by atoms with E-state index in [-0.39, 0.29) is 0 Å². The second-order valence-electron chi connectivity index (χ2n) is 3.44. The zero-order valence-corrected chi connectivity index (χ0v) is 7.33. The summed E-state index contributed by atoms with van der Waals surface area (Å²) in [7, 11) is 1.87. The second-order valence-corrected chi connectivity index (χ2v) is 3.44. The number of β-amino-alcohol motifs (C(OH)–C–C–N with tert-alkyl or cyclic N) is 1. The molecule has 1 aromatic rings. The predicted octanol–water partition coefficient (Wildman–Crippen LogP) is -0.481. The van der Waals surface area contributed by atoms with Crippen LogP contribution in [0.5, 0.6) is 0 Å². The van der Waals surface area contributed by atoms with Gasteiger partial charge in [-0.1, -0.05) is 0 Å². The molecule has 0 spiro atoms. The summed E-state index contributed by atoms with van der Waals surface area (Å²) >= 11 is 0. The van der Waals surface area contributed by atoms with Crippen molar-refractivity contribution in [3.05, 3.63) is 17.5 Å². The first-order valence-corrected chi connectivity index (χ1v) is 4.06. The molecular weight excluding hydrogens is 154 g/mol. The van der Waals surface area contributed by atoms with Gasteiger partial charge in [-0.15, -0.1) is 0 Å². The highest BCUT2D eigenvalue weighted by Crippen LogP contribution is 2.26.